The molecule has 6 nitrogen and oxygen atoms in total. The van der Waals surface area contributed by atoms with Crippen LogP contribution in [0, 0.1) is 19.8 Å². The summed E-state index contributed by atoms with van der Waals surface area (Å²) in [5.74, 6) is 1.63. The molecule has 0 fully saturated rings. The van der Waals surface area contributed by atoms with Crippen LogP contribution in [-0.4, -0.2) is 34.9 Å². The lowest BCUT2D eigenvalue weighted by Gasteiger charge is -2.16. The molecule has 1 atom stereocenters. The molecule has 1 aromatic heterocycles. The second-order valence-electron chi connectivity index (χ2n) is 6.89. The van der Waals surface area contributed by atoms with Crippen molar-refractivity contribution in [2.24, 2.45) is 5.92 Å². The minimum absolute atomic E-state index is 0.0818. The van der Waals surface area contributed by atoms with Gasteiger partial charge in [0.25, 0.3) is 0 Å². The van der Waals surface area contributed by atoms with Crippen molar-refractivity contribution in [1.29, 1.82) is 0 Å². The van der Waals surface area contributed by atoms with Crippen LogP contribution in [0.25, 0.3) is 0 Å². The van der Waals surface area contributed by atoms with E-state index in [4.69, 9.17) is 9.47 Å². The smallest absolute Gasteiger partial charge is 0.237 e. The molecule has 0 bridgehead atoms. The average molecular weight is 392 g/mol. The van der Waals surface area contributed by atoms with Gasteiger partial charge >= 0.3 is 0 Å². The Balaban J connectivity index is 2.11. The van der Waals surface area contributed by atoms with Gasteiger partial charge in [0, 0.05) is 24.0 Å². The quantitative estimate of drug-likeness (QED) is 0.680. The fourth-order valence-corrected chi connectivity index (χ4v) is 3.67. The van der Waals surface area contributed by atoms with Crippen LogP contribution < -0.4 is 14.8 Å². The van der Waals surface area contributed by atoms with Gasteiger partial charge in [-0.05, 0) is 38.8 Å². The zero-order valence-corrected chi connectivity index (χ0v) is 17.9. The summed E-state index contributed by atoms with van der Waals surface area (Å²) < 4.78 is 12.7. The van der Waals surface area contributed by atoms with Crippen LogP contribution in [0.1, 0.15) is 32.2 Å². The maximum absolute atomic E-state index is 12.7. The first-order chi connectivity index (χ1) is 12.8. The number of aryl methyl sites for hydroxylation is 1. The van der Waals surface area contributed by atoms with Crippen molar-refractivity contribution in [3.63, 3.8) is 0 Å². The molecule has 1 heterocycles. The number of nitrogens with zero attached hydrogens (tertiary/aromatic N) is 2. The number of aromatic nitrogens is 2. The van der Waals surface area contributed by atoms with E-state index in [1.807, 2.05) is 13.8 Å². The van der Waals surface area contributed by atoms with Crippen molar-refractivity contribution in [1.82, 2.24) is 9.55 Å². The first kappa shape index (κ1) is 21.2. The number of methoxy groups -OCH3 is 2. The van der Waals surface area contributed by atoms with E-state index in [9.17, 15) is 4.79 Å². The first-order valence-electron chi connectivity index (χ1n) is 9.00. The van der Waals surface area contributed by atoms with Gasteiger partial charge in [0.05, 0.1) is 25.2 Å². The highest BCUT2D eigenvalue weighted by molar-refractivity contribution is 8.00. The molecule has 0 radical (unpaired) electrons. The van der Waals surface area contributed by atoms with E-state index in [1.165, 1.54) is 11.8 Å². The number of hydrogen-bond donors (Lipinski definition) is 1. The van der Waals surface area contributed by atoms with Gasteiger partial charge < -0.3 is 19.4 Å². The number of carbonyl (C=O) groups excluding carboxylic acids is 1. The van der Waals surface area contributed by atoms with Crippen molar-refractivity contribution < 1.29 is 14.3 Å². The zero-order chi connectivity index (χ0) is 20.1. The van der Waals surface area contributed by atoms with E-state index in [0.717, 1.165) is 23.1 Å². The molecule has 1 unspecified atom stereocenters. The summed E-state index contributed by atoms with van der Waals surface area (Å²) in [5, 5.41) is 3.53. The Hall–Kier alpha value is -2.15. The molecule has 148 valence electrons. The molecular formula is C20H29N3O3S. The van der Waals surface area contributed by atoms with Crippen molar-refractivity contribution in [2.75, 3.05) is 19.5 Å². The zero-order valence-electron chi connectivity index (χ0n) is 17.1. The summed E-state index contributed by atoms with van der Waals surface area (Å²) in [6.07, 6.45) is 0. The molecule has 2 aromatic rings. The highest BCUT2D eigenvalue weighted by Gasteiger charge is 2.20. The Morgan fingerprint density at radius 1 is 1.19 bits per heavy atom. The third kappa shape index (κ3) is 5.19. The van der Waals surface area contributed by atoms with E-state index in [2.05, 4.69) is 35.6 Å². The molecule has 0 spiro atoms. The summed E-state index contributed by atoms with van der Waals surface area (Å²) in [7, 11) is 3.15. The van der Waals surface area contributed by atoms with Crippen molar-refractivity contribution in [3.05, 3.63) is 29.6 Å². The minimum Gasteiger partial charge on any atom is -0.493 e. The summed E-state index contributed by atoms with van der Waals surface area (Å²) in [4.78, 5) is 17.3. The van der Waals surface area contributed by atoms with Crippen molar-refractivity contribution >= 4 is 23.4 Å². The lowest BCUT2D eigenvalue weighted by Crippen LogP contribution is -2.23. The normalized spacial score (nSPS) is 12.1. The highest BCUT2D eigenvalue weighted by atomic mass is 32.2. The second kappa shape index (κ2) is 9.17. The highest BCUT2D eigenvalue weighted by Crippen LogP contribution is 2.31. The summed E-state index contributed by atoms with van der Waals surface area (Å²) in [6.45, 7) is 11.2. The van der Waals surface area contributed by atoms with Crippen LogP contribution in [0.15, 0.2) is 23.4 Å². The van der Waals surface area contributed by atoms with Gasteiger partial charge in [0.2, 0.25) is 5.91 Å². The van der Waals surface area contributed by atoms with Crippen LogP contribution in [0.3, 0.4) is 0 Å². The number of thioether (sulfide) groups is 1. The number of rotatable bonds is 8. The van der Waals surface area contributed by atoms with Gasteiger partial charge in [0.15, 0.2) is 16.7 Å². The number of amides is 1. The van der Waals surface area contributed by atoms with Crippen LogP contribution >= 0.6 is 11.8 Å². The molecule has 7 heteroatoms. The number of imidazole rings is 1. The van der Waals surface area contributed by atoms with Gasteiger partial charge in [0.1, 0.15) is 0 Å². The fraction of sp³-hybridized carbons (Fsp3) is 0.500. The lowest BCUT2D eigenvalue weighted by atomic mass is 10.2. The van der Waals surface area contributed by atoms with Crippen LogP contribution in [0.4, 0.5) is 5.69 Å². The molecule has 0 saturated carbocycles. The predicted octanol–water partition coefficient (Wildman–Crippen LogP) is 4.29. The molecule has 0 saturated heterocycles. The molecule has 1 amide bonds. The summed E-state index contributed by atoms with van der Waals surface area (Å²) in [6, 6.07) is 5.32. The van der Waals surface area contributed by atoms with E-state index >= 15 is 0 Å². The Morgan fingerprint density at radius 2 is 1.85 bits per heavy atom. The lowest BCUT2D eigenvalue weighted by molar-refractivity contribution is -0.115. The van der Waals surface area contributed by atoms with Crippen LogP contribution in [-0.2, 0) is 11.3 Å². The number of hydrogen-bond acceptors (Lipinski definition) is 5. The molecule has 1 aromatic carbocycles. The van der Waals surface area contributed by atoms with E-state index < -0.39 is 0 Å². The van der Waals surface area contributed by atoms with Crippen LogP contribution in [0.5, 0.6) is 11.5 Å². The number of carbonyl (C=O) groups is 1. The molecule has 0 aliphatic heterocycles. The largest absolute Gasteiger partial charge is 0.493 e. The number of ether oxygens (including phenoxy) is 2. The maximum Gasteiger partial charge on any atom is 0.237 e. The molecule has 27 heavy (non-hydrogen) atoms. The molecule has 2 rings (SSSR count). The standard InChI is InChI=1S/C20H29N3O3S/c1-12(2)11-23-14(4)13(3)21-20(23)27-15(5)19(24)22-16-8-9-17(25-6)18(10-16)26-7/h8-10,12,15H,11H2,1-7H3,(H,22,24). The van der Waals surface area contributed by atoms with Gasteiger partial charge in [-0.3, -0.25) is 4.79 Å². The van der Waals surface area contributed by atoms with E-state index in [0.29, 0.717) is 23.1 Å². The summed E-state index contributed by atoms with van der Waals surface area (Å²) in [5.41, 5.74) is 2.83. The number of benzene rings is 1. The second-order valence-corrected chi connectivity index (χ2v) is 8.20. The van der Waals surface area contributed by atoms with Crippen molar-refractivity contribution in [2.45, 2.75) is 51.6 Å². The molecule has 0 aliphatic carbocycles. The number of anilines is 1. The molecule has 0 aliphatic rings. The van der Waals surface area contributed by atoms with E-state index in [-0.39, 0.29) is 11.2 Å². The third-order valence-electron chi connectivity index (χ3n) is 4.27. The Kier molecular flexibility index (Phi) is 7.18. The third-order valence-corrected chi connectivity index (χ3v) is 5.36. The monoisotopic (exact) mass is 391 g/mol. The summed E-state index contributed by atoms with van der Waals surface area (Å²) >= 11 is 1.48. The number of nitrogens with one attached hydrogen (secondary N) is 1. The Morgan fingerprint density at radius 3 is 2.44 bits per heavy atom. The Bertz CT molecular complexity index is 802. The van der Waals surface area contributed by atoms with Gasteiger partial charge in [-0.1, -0.05) is 25.6 Å². The predicted molar refractivity (Wildman–Crippen MR) is 110 cm³/mol. The molecule has 1 N–H and O–H groups in total. The fourth-order valence-electron chi connectivity index (χ4n) is 2.66. The van der Waals surface area contributed by atoms with Gasteiger partial charge in [-0.2, -0.15) is 0 Å². The first-order valence-corrected chi connectivity index (χ1v) is 9.88. The van der Waals surface area contributed by atoms with E-state index in [1.54, 1.807) is 32.4 Å². The SMILES string of the molecule is COc1ccc(NC(=O)C(C)Sc2nc(C)c(C)n2CC(C)C)cc1OC. The Labute approximate surface area is 165 Å². The van der Waals surface area contributed by atoms with Crippen molar-refractivity contribution in [3.8, 4) is 11.5 Å². The van der Waals surface area contributed by atoms with Crippen LogP contribution in [0.2, 0.25) is 0 Å². The maximum atomic E-state index is 12.7. The topological polar surface area (TPSA) is 65.4 Å². The average Bonchev–Trinajstić information content (AvgIpc) is 2.88. The minimum atomic E-state index is -0.287. The molecular weight excluding hydrogens is 362 g/mol. The van der Waals surface area contributed by atoms with Gasteiger partial charge in [-0.15, -0.1) is 0 Å². The van der Waals surface area contributed by atoms with Gasteiger partial charge in [-0.25, -0.2) is 4.98 Å².